The quantitative estimate of drug-likeness (QED) is 0.589. The number of carbonyl (C=O) groups is 2. The average Bonchev–Trinajstić information content (AvgIpc) is 2.73. The van der Waals surface area contributed by atoms with Crippen LogP contribution < -0.4 is 10.5 Å². The molecule has 2 fully saturated rings. The summed E-state index contributed by atoms with van der Waals surface area (Å²) < 4.78 is 33.1. The van der Waals surface area contributed by atoms with Crippen molar-refractivity contribution in [2.24, 2.45) is 5.73 Å². The van der Waals surface area contributed by atoms with Gasteiger partial charge in [0.25, 0.3) is 0 Å². The fourth-order valence-electron chi connectivity index (χ4n) is 4.38. The average molecular weight is 442 g/mol. The van der Waals surface area contributed by atoms with Crippen molar-refractivity contribution in [2.45, 2.75) is 36.0 Å². The number of hydrogen-bond acceptors (Lipinski definition) is 6. The number of ether oxygens (including phenoxy) is 1. The Bertz CT molecular complexity index is 914. The summed E-state index contributed by atoms with van der Waals surface area (Å²) in [7, 11) is -2.53. The van der Waals surface area contributed by atoms with E-state index in [0.29, 0.717) is 12.8 Å². The molecule has 0 radical (unpaired) electrons. The van der Waals surface area contributed by atoms with Crippen LogP contribution in [0.25, 0.3) is 0 Å². The number of piperidine rings is 2. The number of β-amino-alcohol motifs (C(OH)–C–C–N with tert-alkyl or cyclic N) is 1. The van der Waals surface area contributed by atoms with E-state index in [-0.39, 0.29) is 32.0 Å². The first-order valence-corrected chi connectivity index (χ1v) is 11.2. The van der Waals surface area contributed by atoms with E-state index >= 15 is 0 Å². The van der Waals surface area contributed by atoms with Crippen molar-refractivity contribution >= 4 is 22.0 Å². The Kier molecular flexibility index (Phi) is 6.25. The van der Waals surface area contributed by atoms with Crippen LogP contribution in [0.5, 0.6) is 5.75 Å². The number of sulfonamides is 1. The number of benzene rings is 1. The molecule has 2 heterocycles. The van der Waals surface area contributed by atoms with E-state index < -0.39 is 39.4 Å². The zero-order valence-electron chi connectivity index (χ0n) is 16.7. The Morgan fingerprint density at radius 2 is 1.80 bits per heavy atom. The molecule has 3 rings (SSSR count). The van der Waals surface area contributed by atoms with Crippen LogP contribution in [-0.2, 0) is 14.8 Å². The van der Waals surface area contributed by atoms with Gasteiger partial charge in [-0.05, 0) is 36.8 Å². The summed E-state index contributed by atoms with van der Waals surface area (Å²) in [6.45, 7) is -0.292. The van der Waals surface area contributed by atoms with Crippen molar-refractivity contribution in [1.29, 1.82) is 0 Å². The lowest BCUT2D eigenvalue weighted by Crippen LogP contribution is -2.66. The molecule has 2 unspecified atom stereocenters. The SMILES string of the molecule is COc1ccccc1C1CCN(S(=O)(=O)C2CCN(C(N)=O)CC2(O)C(=O)O)CC1. The molecule has 2 atom stereocenters. The number of urea groups is 1. The number of aliphatic carboxylic acids is 1. The molecule has 0 spiro atoms. The lowest BCUT2D eigenvalue weighted by Gasteiger charge is -2.43. The molecule has 2 amide bonds. The van der Waals surface area contributed by atoms with Gasteiger partial charge in [0.05, 0.1) is 13.7 Å². The van der Waals surface area contributed by atoms with Crippen molar-refractivity contribution in [3.05, 3.63) is 29.8 Å². The number of carboxylic acid groups (broad SMARTS) is 1. The van der Waals surface area contributed by atoms with Gasteiger partial charge in [-0.1, -0.05) is 18.2 Å². The van der Waals surface area contributed by atoms with E-state index in [0.717, 1.165) is 16.2 Å². The predicted molar refractivity (Wildman–Crippen MR) is 108 cm³/mol. The maximum absolute atomic E-state index is 13.2. The van der Waals surface area contributed by atoms with Crippen LogP contribution >= 0.6 is 0 Å². The summed E-state index contributed by atoms with van der Waals surface area (Å²) in [6, 6.07) is 6.69. The normalized spacial score (nSPS) is 26.3. The van der Waals surface area contributed by atoms with E-state index in [4.69, 9.17) is 10.5 Å². The molecule has 0 bridgehead atoms. The highest BCUT2D eigenvalue weighted by Gasteiger charge is 2.56. The first-order chi connectivity index (χ1) is 14.1. The van der Waals surface area contributed by atoms with Crippen LogP contribution in [0.15, 0.2) is 24.3 Å². The number of carbonyl (C=O) groups excluding carboxylic acids is 1. The summed E-state index contributed by atoms with van der Waals surface area (Å²) in [5.41, 5.74) is 3.58. The van der Waals surface area contributed by atoms with Crippen molar-refractivity contribution in [3.63, 3.8) is 0 Å². The molecule has 10 nitrogen and oxygen atoms in total. The van der Waals surface area contributed by atoms with Gasteiger partial charge in [0.15, 0.2) is 5.60 Å². The smallest absolute Gasteiger partial charge is 0.339 e. The number of para-hydroxylation sites is 1. The number of aliphatic hydroxyl groups is 1. The van der Waals surface area contributed by atoms with Crippen LogP contribution in [0.4, 0.5) is 4.79 Å². The molecule has 1 aromatic carbocycles. The molecule has 30 heavy (non-hydrogen) atoms. The van der Waals surface area contributed by atoms with E-state index in [9.17, 15) is 28.2 Å². The lowest BCUT2D eigenvalue weighted by molar-refractivity contribution is -0.162. The van der Waals surface area contributed by atoms with E-state index in [1.165, 1.54) is 4.31 Å². The molecular weight excluding hydrogens is 414 g/mol. The molecule has 4 N–H and O–H groups in total. The molecule has 1 aromatic rings. The van der Waals surface area contributed by atoms with Gasteiger partial charge >= 0.3 is 12.0 Å². The Balaban J connectivity index is 1.77. The molecule has 11 heteroatoms. The van der Waals surface area contributed by atoms with Gasteiger partial charge < -0.3 is 25.6 Å². The van der Waals surface area contributed by atoms with Crippen LogP contribution in [0, 0.1) is 0 Å². The van der Waals surface area contributed by atoms with E-state index in [1.807, 2.05) is 24.3 Å². The molecule has 2 saturated heterocycles. The Morgan fingerprint density at radius 3 is 2.37 bits per heavy atom. The van der Waals surface area contributed by atoms with Crippen molar-refractivity contribution in [2.75, 3.05) is 33.3 Å². The van der Waals surface area contributed by atoms with Gasteiger partial charge in [-0.15, -0.1) is 0 Å². The lowest BCUT2D eigenvalue weighted by atomic mass is 9.89. The summed E-state index contributed by atoms with van der Waals surface area (Å²) in [5.74, 6) is -0.827. The highest BCUT2D eigenvalue weighted by molar-refractivity contribution is 7.89. The molecule has 0 aliphatic carbocycles. The van der Waals surface area contributed by atoms with Crippen molar-refractivity contribution < 1.29 is 33.0 Å². The number of methoxy groups -OCH3 is 1. The topological polar surface area (TPSA) is 150 Å². The minimum absolute atomic E-state index is 0.0352. The van der Waals surface area contributed by atoms with Crippen molar-refractivity contribution in [3.8, 4) is 5.75 Å². The van der Waals surface area contributed by atoms with Gasteiger partial charge in [-0.25, -0.2) is 22.3 Å². The second-order valence-electron chi connectivity index (χ2n) is 7.73. The Hall–Kier alpha value is -2.37. The largest absolute Gasteiger partial charge is 0.496 e. The predicted octanol–water partition coefficient (Wildman–Crippen LogP) is 0.173. The zero-order valence-corrected chi connectivity index (χ0v) is 17.5. The Labute approximate surface area is 175 Å². The fraction of sp³-hybridized carbons (Fsp3) is 0.579. The number of likely N-dealkylation sites (tertiary alicyclic amines) is 1. The summed E-state index contributed by atoms with van der Waals surface area (Å²) in [6.07, 6.45) is 0.886. The molecular formula is C19H27N3O7S. The standard InChI is InChI=1S/C19H27N3O7S/c1-29-15-5-3-2-4-14(15)13-6-10-22(11-7-13)30(27,28)16-8-9-21(18(20)25)12-19(16,26)17(23)24/h2-5,13,16,26H,6-12H2,1H3,(H2,20,25)(H,23,24). The number of amides is 2. The molecule has 0 aromatic heterocycles. The number of nitrogens with zero attached hydrogens (tertiary/aromatic N) is 2. The van der Waals surface area contributed by atoms with Gasteiger partial charge in [0.1, 0.15) is 11.0 Å². The summed E-state index contributed by atoms with van der Waals surface area (Å²) >= 11 is 0. The van der Waals surface area contributed by atoms with Crippen LogP contribution in [-0.4, -0.2) is 84.0 Å². The third kappa shape index (κ3) is 3.96. The summed E-state index contributed by atoms with van der Waals surface area (Å²) in [4.78, 5) is 24.1. The number of nitrogens with two attached hydrogens (primary N) is 1. The van der Waals surface area contributed by atoms with E-state index in [1.54, 1.807) is 7.11 Å². The zero-order chi connectivity index (χ0) is 22.1. The minimum atomic E-state index is -4.12. The second-order valence-corrected chi connectivity index (χ2v) is 9.84. The summed E-state index contributed by atoms with van der Waals surface area (Å²) in [5, 5.41) is 18.7. The minimum Gasteiger partial charge on any atom is -0.496 e. The van der Waals surface area contributed by atoms with Crippen molar-refractivity contribution in [1.82, 2.24) is 9.21 Å². The van der Waals surface area contributed by atoms with Crippen LogP contribution in [0.2, 0.25) is 0 Å². The second kappa shape index (κ2) is 8.40. The third-order valence-corrected chi connectivity index (χ3v) is 8.49. The van der Waals surface area contributed by atoms with Gasteiger partial charge in [0, 0.05) is 19.6 Å². The van der Waals surface area contributed by atoms with Crippen LogP contribution in [0.1, 0.15) is 30.7 Å². The number of rotatable bonds is 5. The monoisotopic (exact) mass is 441 g/mol. The number of primary amides is 1. The Morgan fingerprint density at radius 1 is 1.17 bits per heavy atom. The highest BCUT2D eigenvalue weighted by Crippen LogP contribution is 2.37. The van der Waals surface area contributed by atoms with Gasteiger partial charge in [-0.2, -0.15) is 0 Å². The number of hydrogen-bond donors (Lipinski definition) is 3. The molecule has 2 aliphatic rings. The van der Waals surface area contributed by atoms with Crippen LogP contribution in [0.3, 0.4) is 0 Å². The fourth-order valence-corrected chi connectivity index (χ4v) is 6.53. The van der Waals surface area contributed by atoms with Gasteiger partial charge in [0.2, 0.25) is 10.0 Å². The third-order valence-electron chi connectivity index (χ3n) is 6.06. The number of carboxylic acids is 1. The van der Waals surface area contributed by atoms with E-state index in [2.05, 4.69) is 0 Å². The molecule has 0 saturated carbocycles. The first kappa shape index (κ1) is 22.3. The molecule has 2 aliphatic heterocycles. The first-order valence-electron chi connectivity index (χ1n) is 9.73. The maximum Gasteiger partial charge on any atom is 0.339 e. The molecule has 166 valence electrons. The highest BCUT2D eigenvalue weighted by atomic mass is 32.2. The maximum atomic E-state index is 13.2. The van der Waals surface area contributed by atoms with Gasteiger partial charge in [-0.3, -0.25) is 0 Å².